The van der Waals surface area contributed by atoms with Gasteiger partial charge in [0.15, 0.2) is 22.8 Å². The topological polar surface area (TPSA) is 91.3 Å². The molecule has 0 fully saturated rings. The third-order valence-electron chi connectivity index (χ3n) is 3.99. The molecule has 26 heavy (non-hydrogen) atoms. The Hall–Kier alpha value is -3.03. The summed E-state index contributed by atoms with van der Waals surface area (Å²) >= 11 is 0. The third kappa shape index (κ3) is 3.10. The van der Waals surface area contributed by atoms with Gasteiger partial charge in [-0.05, 0) is 18.1 Å². The van der Waals surface area contributed by atoms with Gasteiger partial charge in [-0.2, -0.15) is 0 Å². The van der Waals surface area contributed by atoms with E-state index in [2.05, 4.69) is 15.0 Å². The Morgan fingerprint density at radius 1 is 1.12 bits per heavy atom. The minimum atomic E-state index is -0.212. The zero-order valence-corrected chi connectivity index (χ0v) is 15.5. The minimum Gasteiger partial charge on any atom is -0.493 e. The fourth-order valence-corrected chi connectivity index (χ4v) is 2.82. The maximum atomic E-state index is 12.2. The van der Waals surface area contributed by atoms with Gasteiger partial charge in [0, 0.05) is 12.1 Å². The predicted octanol–water partition coefficient (Wildman–Crippen LogP) is 2.47. The van der Waals surface area contributed by atoms with Crippen LogP contribution in [-0.4, -0.2) is 40.8 Å². The number of methoxy groups -OCH3 is 3. The first kappa shape index (κ1) is 17.8. The smallest absolute Gasteiger partial charge is 0.328 e. The molecule has 3 aromatic rings. The molecule has 8 nitrogen and oxygen atoms in total. The Balaban J connectivity index is 2.18. The Bertz CT molecular complexity index is 966. The number of benzene rings is 1. The van der Waals surface area contributed by atoms with E-state index in [9.17, 15) is 4.79 Å². The standard InChI is InChI=1S/C18H22N4O4/c1-10(2)9-22-17-16(21-18(22)23)19-8-12(20-17)11-6-13(24-3)15(26-5)14(7-11)25-4/h6-8,10H,9H2,1-5H3,(H,19,21,23). The molecule has 0 atom stereocenters. The van der Waals surface area contributed by atoms with Gasteiger partial charge < -0.3 is 14.2 Å². The van der Waals surface area contributed by atoms with E-state index in [0.29, 0.717) is 46.7 Å². The van der Waals surface area contributed by atoms with E-state index in [1.807, 2.05) is 13.8 Å². The van der Waals surface area contributed by atoms with Gasteiger partial charge in [0.25, 0.3) is 0 Å². The highest BCUT2D eigenvalue weighted by Gasteiger charge is 2.17. The molecular weight excluding hydrogens is 336 g/mol. The van der Waals surface area contributed by atoms with Crippen LogP contribution < -0.4 is 19.9 Å². The Labute approximate surface area is 150 Å². The monoisotopic (exact) mass is 358 g/mol. The van der Waals surface area contributed by atoms with Gasteiger partial charge in [-0.15, -0.1) is 0 Å². The van der Waals surface area contributed by atoms with Crippen molar-refractivity contribution in [2.24, 2.45) is 5.92 Å². The lowest BCUT2D eigenvalue weighted by molar-refractivity contribution is 0.324. The average Bonchev–Trinajstić information content (AvgIpc) is 2.94. The number of aromatic nitrogens is 4. The summed E-state index contributed by atoms with van der Waals surface area (Å²) in [5.74, 6) is 1.86. The summed E-state index contributed by atoms with van der Waals surface area (Å²) < 4.78 is 17.7. The van der Waals surface area contributed by atoms with Gasteiger partial charge in [-0.25, -0.2) is 14.8 Å². The van der Waals surface area contributed by atoms with Crippen LogP contribution in [0.3, 0.4) is 0 Å². The lowest BCUT2D eigenvalue weighted by Crippen LogP contribution is -2.19. The second kappa shape index (κ2) is 7.07. The number of hydrogen-bond donors (Lipinski definition) is 1. The normalized spacial score (nSPS) is 11.2. The molecule has 0 aliphatic heterocycles. The van der Waals surface area contributed by atoms with E-state index in [-0.39, 0.29) is 5.69 Å². The van der Waals surface area contributed by atoms with Crippen molar-refractivity contribution in [1.82, 2.24) is 19.5 Å². The van der Waals surface area contributed by atoms with E-state index in [1.54, 1.807) is 44.2 Å². The van der Waals surface area contributed by atoms with E-state index in [1.165, 1.54) is 0 Å². The van der Waals surface area contributed by atoms with Gasteiger partial charge in [0.1, 0.15) is 0 Å². The zero-order valence-electron chi connectivity index (χ0n) is 15.5. The molecule has 0 amide bonds. The second-order valence-corrected chi connectivity index (χ2v) is 6.28. The molecular formula is C18H22N4O4. The van der Waals surface area contributed by atoms with Crippen molar-refractivity contribution in [2.75, 3.05) is 21.3 Å². The molecule has 0 radical (unpaired) electrons. The second-order valence-electron chi connectivity index (χ2n) is 6.28. The lowest BCUT2D eigenvalue weighted by atomic mass is 10.1. The fraction of sp³-hybridized carbons (Fsp3) is 0.389. The molecule has 0 saturated carbocycles. The van der Waals surface area contributed by atoms with Gasteiger partial charge in [0.05, 0.1) is 33.2 Å². The molecule has 0 aliphatic carbocycles. The van der Waals surface area contributed by atoms with Crippen molar-refractivity contribution in [3.63, 3.8) is 0 Å². The summed E-state index contributed by atoms with van der Waals surface area (Å²) in [6, 6.07) is 3.60. The fourth-order valence-electron chi connectivity index (χ4n) is 2.82. The molecule has 8 heteroatoms. The largest absolute Gasteiger partial charge is 0.493 e. The lowest BCUT2D eigenvalue weighted by Gasteiger charge is -2.14. The SMILES string of the molecule is COc1cc(-c2cnc3[nH]c(=O)n(CC(C)C)c3n2)cc(OC)c1OC. The molecule has 138 valence electrons. The average molecular weight is 358 g/mol. The molecule has 0 spiro atoms. The van der Waals surface area contributed by atoms with E-state index < -0.39 is 0 Å². The number of nitrogens with zero attached hydrogens (tertiary/aromatic N) is 3. The molecule has 2 heterocycles. The van der Waals surface area contributed by atoms with Crippen LogP contribution >= 0.6 is 0 Å². The maximum absolute atomic E-state index is 12.2. The van der Waals surface area contributed by atoms with Crippen molar-refractivity contribution in [3.05, 3.63) is 28.8 Å². The van der Waals surface area contributed by atoms with Gasteiger partial charge in [0.2, 0.25) is 5.75 Å². The van der Waals surface area contributed by atoms with Crippen LogP contribution in [0.1, 0.15) is 13.8 Å². The summed E-state index contributed by atoms with van der Waals surface area (Å²) in [6.45, 7) is 4.65. The number of rotatable bonds is 6. The number of nitrogens with one attached hydrogen (secondary N) is 1. The van der Waals surface area contributed by atoms with Gasteiger partial charge >= 0.3 is 5.69 Å². The number of imidazole rings is 1. The van der Waals surface area contributed by atoms with Gasteiger partial charge in [-0.3, -0.25) is 9.55 Å². The molecule has 0 saturated heterocycles. The summed E-state index contributed by atoms with van der Waals surface area (Å²) in [5.41, 5.74) is 2.13. The van der Waals surface area contributed by atoms with Crippen molar-refractivity contribution in [2.45, 2.75) is 20.4 Å². The summed E-state index contributed by atoms with van der Waals surface area (Å²) in [4.78, 5) is 23.9. The Morgan fingerprint density at radius 3 is 2.31 bits per heavy atom. The van der Waals surface area contributed by atoms with Crippen LogP contribution in [0.25, 0.3) is 22.6 Å². The number of fused-ring (bicyclic) bond motifs is 1. The molecule has 0 aliphatic rings. The van der Waals surface area contributed by atoms with Crippen LogP contribution in [0.2, 0.25) is 0 Å². The van der Waals surface area contributed by atoms with Crippen molar-refractivity contribution in [1.29, 1.82) is 0 Å². The highest BCUT2D eigenvalue weighted by atomic mass is 16.5. The van der Waals surface area contributed by atoms with E-state index >= 15 is 0 Å². The third-order valence-corrected chi connectivity index (χ3v) is 3.99. The van der Waals surface area contributed by atoms with Crippen LogP contribution in [0.4, 0.5) is 0 Å². The van der Waals surface area contributed by atoms with Gasteiger partial charge in [-0.1, -0.05) is 13.8 Å². The van der Waals surface area contributed by atoms with E-state index in [0.717, 1.165) is 5.56 Å². The highest BCUT2D eigenvalue weighted by Crippen LogP contribution is 2.40. The quantitative estimate of drug-likeness (QED) is 0.728. The minimum absolute atomic E-state index is 0.212. The molecule has 1 N–H and O–H groups in total. The van der Waals surface area contributed by atoms with Crippen molar-refractivity contribution >= 4 is 11.3 Å². The zero-order chi connectivity index (χ0) is 18.8. The van der Waals surface area contributed by atoms with Crippen LogP contribution in [-0.2, 0) is 6.54 Å². The predicted molar refractivity (Wildman–Crippen MR) is 98.1 cm³/mol. The van der Waals surface area contributed by atoms with Crippen LogP contribution in [0, 0.1) is 5.92 Å². The van der Waals surface area contributed by atoms with Crippen LogP contribution in [0.5, 0.6) is 17.2 Å². The highest BCUT2D eigenvalue weighted by molar-refractivity contribution is 5.73. The Kier molecular flexibility index (Phi) is 4.83. The van der Waals surface area contributed by atoms with Crippen molar-refractivity contribution < 1.29 is 14.2 Å². The number of ether oxygens (including phenoxy) is 3. The number of aromatic amines is 1. The molecule has 0 unspecified atom stereocenters. The first-order valence-electron chi connectivity index (χ1n) is 8.24. The maximum Gasteiger partial charge on any atom is 0.328 e. The molecule has 1 aromatic carbocycles. The molecule has 3 rings (SSSR count). The number of hydrogen-bond acceptors (Lipinski definition) is 6. The first-order chi connectivity index (χ1) is 12.5. The summed E-state index contributed by atoms with van der Waals surface area (Å²) in [7, 11) is 4.67. The summed E-state index contributed by atoms with van der Waals surface area (Å²) in [5, 5.41) is 0. The first-order valence-corrected chi connectivity index (χ1v) is 8.24. The molecule has 2 aromatic heterocycles. The Morgan fingerprint density at radius 2 is 1.77 bits per heavy atom. The number of H-pyrrole nitrogens is 1. The summed E-state index contributed by atoms with van der Waals surface area (Å²) in [6.07, 6.45) is 1.61. The van der Waals surface area contributed by atoms with E-state index in [4.69, 9.17) is 14.2 Å². The molecule has 0 bridgehead atoms. The van der Waals surface area contributed by atoms with Crippen molar-refractivity contribution in [3.8, 4) is 28.5 Å². The van der Waals surface area contributed by atoms with Crippen LogP contribution in [0.15, 0.2) is 23.1 Å².